The minimum atomic E-state index is 0.615. The van der Waals surface area contributed by atoms with E-state index in [9.17, 15) is 0 Å². The van der Waals surface area contributed by atoms with Crippen molar-refractivity contribution in [3.05, 3.63) is 18.0 Å². The highest BCUT2D eigenvalue weighted by Crippen LogP contribution is 2.16. The van der Waals surface area contributed by atoms with Crippen molar-refractivity contribution in [1.82, 2.24) is 15.1 Å². The molecule has 0 aromatic carbocycles. The number of nitrogens with zero attached hydrogens (tertiary/aromatic N) is 2. The molecule has 1 aromatic heterocycles. The maximum absolute atomic E-state index is 5.10. The first-order chi connectivity index (χ1) is 8.29. The summed E-state index contributed by atoms with van der Waals surface area (Å²) in [4.78, 5) is 0. The van der Waals surface area contributed by atoms with Crippen LogP contribution in [0.3, 0.4) is 0 Å². The summed E-state index contributed by atoms with van der Waals surface area (Å²) in [6, 6.07) is 2.74. The summed E-state index contributed by atoms with van der Waals surface area (Å²) < 4.78 is 7.16. The summed E-state index contributed by atoms with van der Waals surface area (Å²) in [5.41, 5.74) is 1.31. The lowest BCUT2D eigenvalue weighted by Crippen LogP contribution is -2.39. The third-order valence-electron chi connectivity index (χ3n) is 3.53. The quantitative estimate of drug-likeness (QED) is 0.842. The number of aromatic nitrogens is 2. The molecular weight excluding hydrogens is 214 g/mol. The lowest BCUT2D eigenvalue weighted by Gasteiger charge is -2.27. The summed E-state index contributed by atoms with van der Waals surface area (Å²) in [5.74, 6) is 0.824. The largest absolute Gasteiger partial charge is 0.383 e. The standard InChI is InChI=1S/C13H23N3O/c1-11-3-4-12(14-10-11)9-13-5-6-15-16(13)7-8-17-2/h5-6,11-12,14H,3-4,7-10H2,1-2H3. The smallest absolute Gasteiger partial charge is 0.0658 e. The van der Waals surface area contributed by atoms with Gasteiger partial charge in [-0.2, -0.15) is 5.10 Å². The molecule has 0 amide bonds. The van der Waals surface area contributed by atoms with Gasteiger partial charge in [0.05, 0.1) is 13.2 Å². The second-order valence-electron chi connectivity index (χ2n) is 5.03. The molecule has 1 aliphatic rings. The van der Waals surface area contributed by atoms with E-state index in [1.165, 1.54) is 18.5 Å². The van der Waals surface area contributed by atoms with E-state index in [1.807, 2.05) is 6.20 Å². The van der Waals surface area contributed by atoms with Crippen molar-refractivity contribution in [2.45, 2.75) is 38.8 Å². The summed E-state index contributed by atoms with van der Waals surface area (Å²) >= 11 is 0. The van der Waals surface area contributed by atoms with Gasteiger partial charge in [0.1, 0.15) is 0 Å². The normalized spacial score (nSPS) is 25.1. The molecule has 1 aromatic rings. The molecule has 17 heavy (non-hydrogen) atoms. The average Bonchev–Trinajstić information content (AvgIpc) is 2.77. The second kappa shape index (κ2) is 6.17. The molecule has 1 fully saturated rings. The Morgan fingerprint density at radius 3 is 3.12 bits per heavy atom. The van der Waals surface area contributed by atoms with Gasteiger partial charge < -0.3 is 10.1 Å². The van der Waals surface area contributed by atoms with Gasteiger partial charge >= 0.3 is 0 Å². The summed E-state index contributed by atoms with van der Waals surface area (Å²) in [7, 11) is 1.73. The van der Waals surface area contributed by atoms with Crippen molar-refractivity contribution < 1.29 is 4.74 Å². The highest BCUT2D eigenvalue weighted by molar-refractivity contribution is 5.03. The average molecular weight is 237 g/mol. The van der Waals surface area contributed by atoms with Crippen LogP contribution >= 0.6 is 0 Å². The van der Waals surface area contributed by atoms with Gasteiger partial charge in [-0.1, -0.05) is 6.92 Å². The van der Waals surface area contributed by atoms with Gasteiger partial charge in [0, 0.05) is 31.5 Å². The van der Waals surface area contributed by atoms with Gasteiger partial charge in [0.2, 0.25) is 0 Å². The zero-order valence-electron chi connectivity index (χ0n) is 10.9. The summed E-state index contributed by atoms with van der Waals surface area (Å²) in [6.07, 6.45) is 5.58. The number of hydrogen-bond acceptors (Lipinski definition) is 3. The highest BCUT2D eigenvalue weighted by Gasteiger charge is 2.18. The summed E-state index contributed by atoms with van der Waals surface area (Å²) in [5, 5.41) is 7.96. The number of piperidine rings is 1. The maximum Gasteiger partial charge on any atom is 0.0658 e. The van der Waals surface area contributed by atoms with Crippen molar-refractivity contribution in [3.63, 3.8) is 0 Å². The maximum atomic E-state index is 5.10. The molecule has 0 spiro atoms. The molecule has 2 atom stereocenters. The minimum absolute atomic E-state index is 0.615. The second-order valence-corrected chi connectivity index (χ2v) is 5.03. The van der Waals surface area contributed by atoms with Crippen LogP contribution in [0.5, 0.6) is 0 Å². The molecule has 4 nitrogen and oxygen atoms in total. The Morgan fingerprint density at radius 1 is 1.53 bits per heavy atom. The van der Waals surface area contributed by atoms with Crippen molar-refractivity contribution in [2.24, 2.45) is 5.92 Å². The summed E-state index contributed by atoms with van der Waals surface area (Å²) in [6.45, 7) is 5.04. The lowest BCUT2D eigenvalue weighted by atomic mass is 9.94. The first kappa shape index (κ1) is 12.6. The third-order valence-corrected chi connectivity index (χ3v) is 3.53. The fraction of sp³-hybridized carbons (Fsp3) is 0.769. The Kier molecular flexibility index (Phi) is 4.57. The van der Waals surface area contributed by atoms with Crippen LogP contribution in [0.4, 0.5) is 0 Å². The Balaban J connectivity index is 1.87. The van der Waals surface area contributed by atoms with E-state index in [0.29, 0.717) is 6.04 Å². The predicted molar refractivity (Wildman–Crippen MR) is 68.0 cm³/mol. The topological polar surface area (TPSA) is 39.1 Å². The predicted octanol–water partition coefficient (Wildman–Crippen LogP) is 1.46. The van der Waals surface area contributed by atoms with E-state index >= 15 is 0 Å². The van der Waals surface area contributed by atoms with Gasteiger partial charge in [0.25, 0.3) is 0 Å². The fourth-order valence-electron chi connectivity index (χ4n) is 2.40. The molecule has 1 aliphatic heterocycles. The van der Waals surface area contributed by atoms with Crippen LogP contribution in [0, 0.1) is 5.92 Å². The molecule has 0 aliphatic carbocycles. The van der Waals surface area contributed by atoms with E-state index in [-0.39, 0.29) is 0 Å². The van der Waals surface area contributed by atoms with Crippen LogP contribution in [-0.2, 0) is 17.7 Å². The van der Waals surface area contributed by atoms with Gasteiger partial charge in [-0.15, -0.1) is 0 Å². The molecule has 1 N–H and O–H groups in total. The Labute approximate surface area is 103 Å². The molecule has 4 heteroatoms. The van der Waals surface area contributed by atoms with Crippen LogP contribution in [0.2, 0.25) is 0 Å². The Hall–Kier alpha value is -0.870. The first-order valence-electron chi connectivity index (χ1n) is 6.52. The zero-order valence-corrected chi connectivity index (χ0v) is 10.9. The molecule has 2 rings (SSSR count). The molecule has 0 bridgehead atoms. The highest BCUT2D eigenvalue weighted by atomic mass is 16.5. The van der Waals surface area contributed by atoms with Crippen molar-refractivity contribution in [3.8, 4) is 0 Å². The number of methoxy groups -OCH3 is 1. The van der Waals surface area contributed by atoms with E-state index in [1.54, 1.807) is 7.11 Å². The van der Waals surface area contributed by atoms with Gasteiger partial charge in [-0.05, 0) is 31.4 Å². The molecule has 96 valence electrons. The van der Waals surface area contributed by atoms with Crippen LogP contribution in [0.15, 0.2) is 12.3 Å². The molecule has 1 saturated heterocycles. The third kappa shape index (κ3) is 3.54. The van der Waals surface area contributed by atoms with E-state index < -0.39 is 0 Å². The first-order valence-corrected chi connectivity index (χ1v) is 6.52. The zero-order chi connectivity index (χ0) is 12.1. The molecular formula is C13H23N3O. The van der Waals surface area contributed by atoms with Crippen LogP contribution in [-0.4, -0.2) is 36.1 Å². The molecule has 2 heterocycles. The van der Waals surface area contributed by atoms with E-state index in [4.69, 9.17) is 4.74 Å². The van der Waals surface area contributed by atoms with Crippen molar-refractivity contribution in [2.75, 3.05) is 20.3 Å². The van der Waals surface area contributed by atoms with Crippen LogP contribution < -0.4 is 5.32 Å². The molecule has 0 saturated carbocycles. The Bertz CT molecular complexity index is 329. The molecule has 2 unspecified atom stereocenters. The van der Waals surface area contributed by atoms with Crippen LogP contribution in [0.25, 0.3) is 0 Å². The van der Waals surface area contributed by atoms with Crippen molar-refractivity contribution in [1.29, 1.82) is 0 Å². The van der Waals surface area contributed by atoms with Crippen molar-refractivity contribution >= 4 is 0 Å². The number of nitrogens with one attached hydrogen (secondary N) is 1. The lowest BCUT2D eigenvalue weighted by molar-refractivity contribution is 0.182. The van der Waals surface area contributed by atoms with Crippen LogP contribution in [0.1, 0.15) is 25.5 Å². The SMILES string of the molecule is COCCn1nccc1CC1CCC(C)CN1. The minimum Gasteiger partial charge on any atom is -0.383 e. The Morgan fingerprint density at radius 2 is 2.41 bits per heavy atom. The van der Waals surface area contributed by atoms with E-state index in [0.717, 1.165) is 32.0 Å². The van der Waals surface area contributed by atoms with Gasteiger partial charge in [0.15, 0.2) is 0 Å². The van der Waals surface area contributed by atoms with E-state index in [2.05, 4.69) is 28.1 Å². The number of ether oxygens (including phenoxy) is 1. The number of hydrogen-bond donors (Lipinski definition) is 1. The monoisotopic (exact) mass is 237 g/mol. The van der Waals surface area contributed by atoms with Gasteiger partial charge in [-0.3, -0.25) is 4.68 Å². The molecule has 0 radical (unpaired) electrons. The van der Waals surface area contributed by atoms with Gasteiger partial charge in [-0.25, -0.2) is 0 Å². The fourth-order valence-corrected chi connectivity index (χ4v) is 2.40. The number of rotatable bonds is 5.